The van der Waals surface area contributed by atoms with E-state index in [9.17, 15) is 15.0 Å². The summed E-state index contributed by atoms with van der Waals surface area (Å²) in [6, 6.07) is 4.14. The number of phenolic OH excluding ortho intramolecular Hbond substituents is 2. The second-order valence-electron chi connectivity index (χ2n) is 4.69. The topological polar surface area (TPSA) is 60.8 Å². The number of benzene rings is 1. The summed E-state index contributed by atoms with van der Waals surface area (Å²) < 4.78 is 0. The van der Waals surface area contributed by atoms with Crippen LogP contribution in [-0.4, -0.2) is 39.5 Å². The van der Waals surface area contributed by atoms with Crippen LogP contribution in [0.25, 0.3) is 0 Å². The van der Waals surface area contributed by atoms with E-state index in [1.54, 1.807) is 4.90 Å². The number of rotatable bonds is 2. The van der Waals surface area contributed by atoms with E-state index in [-0.39, 0.29) is 23.4 Å². The van der Waals surface area contributed by atoms with Crippen LogP contribution in [-0.2, 0) is 0 Å². The second-order valence-corrected chi connectivity index (χ2v) is 5.00. The van der Waals surface area contributed by atoms with Gasteiger partial charge in [0.2, 0.25) is 0 Å². The van der Waals surface area contributed by atoms with Crippen molar-refractivity contribution in [2.24, 2.45) is 5.92 Å². The molecule has 2 rings (SSSR count). The molecule has 18 heavy (non-hydrogen) atoms. The normalized spacial score (nSPS) is 23.3. The number of halogens is 1. The zero-order valence-electron chi connectivity index (χ0n) is 10.1. The minimum Gasteiger partial charge on any atom is -0.504 e. The van der Waals surface area contributed by atoms with E-state index in [1.165, 1.54) is 18.2 Å². The Hall–Kier alpha value is -1.42. The highest BCUT2D eigenvalue weighted by molar-refractivity contribution is 6.18. The Morgan fingerprint density at radius 3 is 2.78 bits per heavy atom. The molecule has 0 bridgehead atoms. The monoisotopic (exact) mass is 269 g/mol. The molecule has 1 aromatic rings. The quantitative estimate of drug-likeness (QED) is 0.639. The molecule has 1 heterocycles. The van der Waals surface area contributed by atoms with Gasteiger partial charge in [0.05, 0.1) is 0 Å². The third-order valence-corrected chi connectivity index (χ3v) is 3.84. The summed E-state index contributed by atoms with van der Waals surface area (Å²) in [5.74, 6) is 0.139. The molecule has 0 aromatic heterocycles. The van der Waals surface area contributed by atoms with E-state index in [0.717, 1.165) is 6.42 Å². The fourth-order valence-electron chi connectivity index (χ4n) is 2.32. The van der Waals surface area contributed by atoms with Crippen LogP contribution in [0.5, 0.6) is 11.5 Å². The number of likely N-dealkylation sites (tertiary alicyclic amines) is 1. The smallest absolute Gasteiger partial charge is 0.254 e. The summed E-state index contributed by atoms with van der Waals surface area (Å²) in [6.45, 7) is 2.76. The van der Waals surface area contributed by atoms with Gasteiger partial charge in [-0.1, -0.05) is 6.92 Å². The standard InChI is InChI=1S/C13H16ClNO3/c1-8-4-5-15(10(8)7-14)13(18)9-2-3-11(16)12(17)6-9/h2-3,6,8,10,16-17H,4-5,7H2,1H3. The third-order valence-electron chi connectivity index (χ3n) is 3.52. The van der Waals surface area contributed by atoms with Crippen molar-refractivity contribution in [3.63, 3.8) is 0 Å². The van der Waals surface area contributed by atoms with Gasteiger partial charge in [-0.3, -0.25) is 4.79 Å². The Kier molecular flexibility index (Phi) is 3.66. The van der Waals surface area contributed by atoms with Crippen molar-refractivity contribution >= 4 is 17.5 Å². The van der Waals surface area contributed by atoms with Crippen LogP contribution >= 0.6 is 11.6 Å². The lowest BCUT2D eigenvalue weighted by Crippen LogP contribution is -2.38. The summed E-state index contributed by atoms with van der Waals surface area (Å²) in [4.78, 5) is 14.0. The number of carbonyl (C=O) groups is 1. The molecule has 0 saturated carbocycles. The Labute approximate surface area is 111 Å². The Morgan fingerprint density at radius 1 is 1.44 bits per heavy atom. The van der Waals surface area contributed by atoms with Crippen molar-refractivity contribution in [1.82, 2.24) is 4.90 Å². The molecule has 2 N–H and O–H groups in total. The lowest BCUT2D eigenvalue weighted by atomic mass is 10.0. The highest BCUT2D eigenvalue weighted by Crippen LogP contribution is 2.29. The number of hydrogen-bond donors (Lipinski definition) is 2. The van der Waals surface area contributed by atoms with Crippen molar-refractivity contribution in [2.45, 2.75) is 19.4 Å². The predicted molar refractivity (Wildman–Crippen MR) is 69.1 cm³/mol. The molecule has 1 saturated heterocycles. The van der Waals surface area contributed by atoms with Crippen LogP contribution in [0.4, 0.5) is 0 Å². The van der Waals surface area contributed by atoms with E-state index in [4.69, 9.17) is 11.6 Å². The molecule has 0 radical (unpaired) electrons. The van der Waals surface area contributed by atoms with E-state index in [1.807, 2.05) is 0 Å². The molecule has 2 unspecified atom stereocenters. The number of phenols is 2. The third kappa shape index (κ3) is 2.25. The highest BCUT2D eigenvalue weighted by Gasteiger charge is 2.34. The lowest BCUT2D eigenvalue weighted by molar-refractivity contribution is 0.0736. The van der Waals surface area contributed by atoms with Gasteiger partial charge in [0, 0.05) is 24.0 Å². The predicted octanol–water partition coefficient (Wildman–Crippen LogP) is 2.19. The molecular formula is C13H16ClNO3. The highest BCUT2D eigenvalue weighted by atomic mass is 35.5. The van der Waals surface area contributed by atoms with E-state index < -0.39 is 0 Å². The zero-order chi connectivity index (χ0) is 13.3. The fraction of sp³-hybridized carbons (Fsp3) is 0.462. The number of hydrogen-bond acceptors (Lipinski definition) is 3. The SMILES string of the molecule is CC1CCN(C(=O)c2ccc(O)c(O)c2)C1CCl. The van der Waals surface area contributed by atoms with Gasteiger partial charge in [-0.25, -0.2) is 0 Å². The van der Waals surface area contributed by atoms with E-state index in [0.29, 0.717) is 23.9 Å². The first kappa shape index (κ1) is 13.0. The Morgan fingerprint density at radius 2 is 2.17 bits per heavy atom. The molecule has 1 fully saturated rings. The van der Waals surface area contributed by atoms with Crippen LogP contribution in [0.2, 0.25) is 0 Å². The van der Waals surface area contributed by atoms with Crippen LogP contribution in [0.1, 0.15) is 23.7 Å². The summed E-state index contributed by atoms with van der Waals surface area (Å²) in [5.41, 5.74) is 0.370. The molecule has 0 aliphatic carbocycles. The average Bonchev–Trinajstić information content (AvgIpc) is 2.73. The molecular weight excluding hydrogens is 254 g/mol. The molecule has 4 nitrogen and oxygen atoms in total. The summed E-state index contributed by atoms with van der Waals surface area (Å²) in [6.07, 6.45) is 0.938. The van der Waals surface area contributed by atoms with E-state index in [2.05, 4.69) is 6.92 Å². The van der Waals surface area contributed by atoms with Gasteiger partial charge in [0.25, 0.3) is 5.91 Å². The van der Waals surface area contributed by atoms with Crippen molar-refractivity contribution in [1.29, 1.82) is 0 Å². The van der Waals surface area contributed by atoms with Gasteiger partial charge in [0.15, 0.2) is 11.5 Å². The zero-order valence-corrected chi connectivity index (χ0v) is 10.9. The molecule has 1 aliphatic heterocycles. The first-order valence-corrected chi connectivity index (χ1v) is 6.47. The van der Waals surface area contributed by atoms with Gasteiger partial charge in [-0.05, 0) is 30.5 Å². The second kappa shape index (κ2) is 5.06. The van der Waals surface area contributed by atoms with Gasteiger partial charge in [0.1, 0.15) is 0 Å². The molecule has 2 atom stereocenters. The van der Waals surface area contributed by atoms with Crippen LogP contribution in [0.3, 0.4) is 0 Å². The van der Waals surface area contributed by atoms with Crippen molar-refractivity contribution < 1.29 is 15.0 Å². The summed E-state index contributed by atoms with van der Waals surface area (Å²) >= 11 is 5.90. The average molecular weight is 270 g/mol. The number of carbonyl (C=O) groups excluding carboxylic acids is 1. The van der Waals surface area contributed by atoms with Crippen LogP contribution in [0, 0.1) is 5.92 Å². The van der Waals surface area contributed by atoms with E-state index >= 15 is 0 Å². The first-order valence-electron chi connectivity index (χ1n) is 5.93. The fourth-order valence-corrected chi connectivity index (χ4v) is 2.79. The van der Waals surface area contributed by atoms with Gasteiger partial charge in [-0.15, -0.1) is 11.6 Å². The maximum Gasteiger partial charge on any atom is 0.254 e. The summed E-state index contributed by atoms with van der Waals surface area (Å²) in [5, 5.41) is 18.7. The Balaban J connectivity index is 2.23. The lowest BCUT2D eigenvalue weighted by Gasteiger charge is -2.25. The first-order chi connectivity index (χ1) is 8.54. The van der Waals surface area contributed by atoms with Crippen LogP contribution < -0.4 is 0 Å². The molecule has 0 spiro atoms. The minimum absolute atomic E-state index is 0.0371. The van der Waals surface area contributed by atoms with Crippen molar-refractivity contribution in [3.8, 4) is 11.5 Å². The van der Waals surface area contributed by atoms with Crippen molar-refractivity contribution in [3.05, 3.63) is 23.8 Å². The molecule has 5 heteroatoms. The summed E-state index contributed by atoms with van der Waals surface area (Å²) in [7, 11) is 0. The van der Waals surface area contributed by atoms with Crippen molar-refractivity contribution in [2.75, 3.05) is 12.4 Å². The van der Waals surface area contributed by atoms with Crippen LogP contribution in [0.15, 0.2) is 18.2 Å². The number of aromatic hydroxyl groups is 2. The Bertz CT molecular complexity index is 464. The number of amides is 1. The van der Waals surface area contributed by atoms with Gasteiger partial charge >= 0.3 is 0 Å². The maximum absolute atomic E-state index is 12.3. The molecule has 98 valence electrons. The van der Waals surface area contributed by atoms with Gasteiger partial charge < -0.3 is 15.1 Å². The van der Waals surface area contributed by atoms with Gasteiger partial charge in [-0.2, -0.15) is 0 Å². The molecule has 1 amide bonds. The number of alkyl halides is 1. The largest absolute Gasteiger partial charge is 0.504 e. The maximum atomic E-state index is 12.3. The molecule has 1 aromatic carbocycles. The molecule has 1 aliphatic rings. The number of nitrogens with zero attached hydrogens (tertiary/aromatic N) is 1. The minimum atomic E-state index is -0.282.